The van der Waals surface area contributed by atoms with Crippen molar-refractivity contribution < 1.29 is 9.90 Å². The topological polar surface area (TPSA) is 93.2 Å². The van der Waals surface area contributed by atoms with Crippen LogP contribution in [0.2, 0.25) is 0 Å². The third kappa shape index (κ3) is 3.45. The van der Waals surface area contributed by atoms with Crippen LogP contribution in [0.15, 0.2) is 6.20 Å². The summed E-state index contributed by atoms with van der Waals surface area (Å²) in [5, 5.41) is 16.2. The molecule has 0 saturated carbocycles. The van der Waals surface area contributed by atoms with E-state index in [-0.39, 0.29) is 24.1 Å². The summed E-state index contributed by atoms with van der Waals surface area (Å²) in [7, 11) is 0. The number of nitrogen functional groups attached to an aromatic ring is 1. The van der Waals surface area contributed by atoms with Crippen LogP contribution >= 0.6 is 0 Å². The average Bonchev–Trinajstić information content (AvgIpc) is 2.66. The molecular formula is C11H20N4O2. The van der Waals surface area contributed by atoms with Crippen LogP contribution in [0, 0.1) is 5.92 Å². The van der Waals surface area contributed by atoms with Gasteiger partial charge in [-0.3, -0.25) is 9.48 Å². The van der Waals surface area contributed by atoms with Gasteiger partial charge in [0.2, 0.25) is 0 Å². The number of nitrogens with zero attached hydrogens (tertiary/aromatic N) is 2. The highest BCUT2D eigenvalue weighted by Crippen LogP contribution is 2.09. The fourth-order valence-electron chi connectivity index (χ4n) is 1.29. The molecule has 1 aromatic rings. The molecule has 0 saturated heterocycles. The molecule has 0 bridgehead atoms. The zero-order chi connectivity index (χ0) is 13.0. The molecular weight excluding hydrogens is 220 g/mol. The first kappa shape index (κ1) is 13.5. The van der Waals surface area contributed by atoms with Crippen molar-refractivity contribution in [1.82, 2.24) is 15.1 Å². The van der Waals surface area contributed by atoms with Gasteiger partial charge in [0.05, 0.1) is 11.8 Å². The van der Waals surface area contributed by atoms with Crippen LogP contribution in [0.1, 0.15) is 31.3 Å². The summed E-state index contributed by atoms with van der Waals surface area (Å²) in [5.74, 6) is -0.254. The van der Waals surface area contributed by atoms with Gasteiger partial charge < -0.3 is 16.2 Å². The van der Waals surface area contributed by atoms with Gasteiger partial charge in [0.1, 0.15) is 0 Å². The summed E-state index contributed by atoms with van der Waals surface area (Å²) in [6.45, 7) is 6.55. The molecule has 96 valence electrons. The Morgan fingerprint density at radius 2 is 2.29 bits per heavy atom. The van der Waals surface area contributed by atoms with E-state index in [1.54, 1.807) is 10.9 Å². The minimum atomic E-state index is -0.562. The van der Waals surface area contributed by atoms with Gasteiger partial charge in [-0.15, -0.1) is 0 Å². The van der Waals surface area contributed by atoms with Crippen LogP contribution in [0.4, 0.5) is 5.69 Å². The summed E-state index contributed by atoms with van der Waals surface area (Å²) in [6, 6.07) is 0. The third-order valence-corrected chi connectivity index (χ3v) is 2.57. The minimum Gasteiger partial charge on any atom is -0.396 e. The Hall–Kier alpha value is -1.56. The van der Waals surface area contributed by atoms with E-state index in [1.807, 2.05) is 20.8 Å². The summed E-state index contributed by atoms with van der Waals surface area (Å²) in [5.41, 5.74) is 6.24. The molecule has 1 atom stereocenters. The Balaban J connectivity index is 2.60. The lowest BCUT2D eigenvalue weighted by Crippen LogP contribution is -2.35. The lowest BCUT2D eigenvalue weighted by atomic mass is 10.1. The molecule has 1 rings (SSSR count). The molecule has 0 spiro atoms. The number of aliphatic hydroxyl groups is 1. The van der Waals surface area contributed by atoms with Gasteiger partial charge in [0.15, 0.2) is 5.69 Å². The molecule has 0 aliphatic carbocycles. The summed E-state index contributed by atoms with van der Waals surface area (Å²) in [6.07, 6.45) is 1.06. The maximum absolute atomic E-state index is 11.7. The number of nitrogens with two attached hydrogens (primary N) is 1. The molecule has 6 heteroatoms. The third-order valence-electron chi connectivity index (χ3n) is 2.57. The van der Waals surface area contributed by atoms with Crippen molar-refractivity contribution >= 4 is 11.6 Å². The molecule has 4 N–H and O–H groups in total. The lowest BCUT2D eigenvalue weighted by Gasteiger charge is -2.14. The number of aryl methyl sites for hydroxylation is 1. The second kappa shape index (κ2) is 5.67. The zero-order valence-corrected chi connectivity index (χ0v) is 10.5. The number of rotatable bonds is 5. The first-order valence-electron chi connectivity index (χ1n) is 5.74. The van der Waals surface area contributed by atoms with Gasteiger partial charge >= 0.3 is 0 Å². The number of nitrogens with one attached hydrogen (secondary N) is 1. The second-order valence-corrected chi connectivity index (χ2v) is 4.31. The van der Waals surface area contributed by atoms with E-state index in [2.05, 4.69) is 10.4 Å². The second-order valence-electron chi connectivity index (χ2n) is 4.31. The molecule has 1 unspecified atom stereocenters. The number of aromatic nitrogens is 2. The molecule has 0 aliphatic rings. The van der Waals surface area contributed by atoms with Gasteiger partial charge in [-0.05, 0) is 12.8 Å². The Bertz CT molecular complexity index is 387. The van der Waals surface area contributed by atoms with E-state index in [9.17, 15) is 9.90 Å². The van der Waals surface area contributed by atoms with Crippen LogP contribution < -0.4 is 11.1 Å². The van der Waals surface area contributed by atoms with Gasteiger partial charge in [0, 0.05) is 19.3 Å². The standard InChI is InChI=1S/C11H20N4O2/c1-4-15-6-8(12)10(14-15)11(17)13-5-9(16)7(2)3/h6-7,9,16H,4-5,12H2,1-3H3,(H,13,17). The van der Waals surface area contributed by atoms with E-state index < -0.39 is 6.10 Å². The monoisotopic (exact) mass is 240 g/mol. The Morgan fingerprint density at radius 3 is 2.76 bits per heavy atom. The van der Waals surface area contributed by atoms with Crippen molar-refractivity contribution in [2.75, 3.05) is 12.3 Å². The summed E-state index contributed by atoms with van der Waals surface area (Å²) < 4.78 is 1.60. The van der Waals surface area contributed by atoms with Crippen molar-refractivity contribution in [3.8, 4) is 0 Å². The molecule has 1 amide bonds. The number of carbonyl (C=O) groups is 1. The normalized spacial score (nSPS) is 12.8. The van der Waals surface area contributed by atoms with Gasteiger partial charge in [-0.1, -0.05) is 13.8 Å². The van der Waals surface area contributed by atoms with E-state index in [0.717, 1.165) is 0 Å². The maximum Gasteiger partial charge on any atom is 0.274 e. The first-order chi connectivity index (χ1) is 7.95. The fourth-order valence-corrected chi connectivity index (χ4v) is 1.29. The highest BCUT2D eigenvalue weighted by atomic mass is 16.3. The predicted molar refractivity (Wildman–Crippen MR) is 65.5 cm³/mol. The van der Waals surface area contributed by atoms with Crippen molar-refractivity contribution in [1.29, 1.82) is 0 Å². The zero-order valence-electron chi connectivity index (χ0n) is 10.5. The van der Waals surface area contributed by atoms with Crippen LogP contribution in [0.5, 0.6) is 0 Å². The van der Waals surface area contributed by atoms with Crippen LogP contribution in [-0.4, -0.2) is 33.4 Å². The molecule has 0 radical (unpaired) electrons. The van der Waals surface area contributed by atoms with Crippen molar-refractivity contribution in [3.63, 3.8) is 0 Å². The number of hydrogen-bond donors (Lipinski definition) is 3. The molecule has 17 heavy (non-hydrogen) atoms. The fraction of sp³-hybridized carbons (Fsp3) is 0.636. The number of amides is 1. The number of anilines is 1. The van der Waals surface area contributed by atoms with Crippen LogP contribution in [0.25, 0.3) is 0 Å². The lowest BCUT2D eigenvalue weighted by molar-refractivity contribution is 0.0867. The van der Waals surface area contributed by atoms with Crippen molar-refractivity contribution in [2.24, 2.45) is 5.92 Å². The van der Waals surface area contributed by atoms with Crippen molar-refractivity contribution in [2.45, 2.75) is 33.4 Å². The minimum absolute atomic E-state index is 0.0980. The summed E-state index contributed by atoms with van der Waals surface area (Å²) in [4.78, 5) is 11.7. The average molecular weight is 240 g/mol. The maximum atomic E-state index is 11.7. The van der Waals surface area contributed by atoms with Gasteiger partial charge in [-0.2, -0.15) is 5.10 Å². The molecule has 0 aliphatic heterocycles. The molecule has 0 fully saturated rings. The quantitative estimate of drug-likeness (QED) is 0.687. The highest BCUT2D eigenvalue weighted by molar-refractivity contribution is 5.96. The smallest absolute Gasteiger partial charge is 0.274 e. The first-order valence-corrected chi connectivity index (χ1v) is 5.74. The molecule has 6 nitrogen and oxygen atoms in total. The predicted octanol–water partition coefficient (Wildman–Crippen LogP) is 0.232. The highest BCUT2D eigenvalue weighted by Gasteiger charge is 2.16. The number of aliphatic hydroxyl groups excluding tert-OH is 1. The Kier molecular flexibility index (Phi) is 4.51. The van der Waals surface area contributed by atoms with Crippen LogP contribution in [0.3, 0.4) is 0 Å². The van der Waals surface area contributed by atoms with E-state index in [1.165, 1.54) is 0 Å². The van der Waals surface area contributed by atoms with Crippen LogP contribution in [-0.2, 0) is 6.54 Å². The SMILES string of the molecule is CCn1cc(N)c(C(=O)NCC(O)C(C)C)n1. The number of carbonyl (C=O) groups excluding carboxylic acids is 1. The van der Waals surface area contributed by atoms with E-state index >= 15 is 0 Å². The largest absolute Gasteiger partial charge is 0.396 e. The van der Waals surface area contributed by atoms with E-state index in [4.69, 9.17) is 5.73 Å². The Labute approximate surface area is 101 Å². The summed E-state index contributed by atoms with van der Waals surface area (Å²) >= 11 is 0. The molecule has 1 aromatic heterocycles. The van der Waals surface area contributed by atoms with Gasteiger partial charge in [-0.25, -0.2) is 0 Å². The number of hydrogen-bond acceptors (Lipinski definition) is 4. The molecule has 1 heterocycles. The molecule has 0 aromatic carbocycles. The van der Waals surface area contributed by atoms with E-state index in [0.29, 0.717) is 12.2 Å². The van der Waals surface area contributed by atoms with Crippen molar-refractivity contribution in [3.05, 3.63) is 11.9 Å². The van der Waals surface area contributed by atoms with Gasteiger partial charge in [0.25, 0.3) is 5.91 Å². The Morgan fingerprint density at radius 1 is 1.65 bits per heavy atom.